The molecule has 7 heteroatoms. The number of furan rings is 1. The van der Waals surface area contributed by atoms with Crippen molar-refractivity contribution in [2.45, 2.75) is 0 Å². The fourth-order valence-corrected chi connectivity index (χ4v) is 3.14. The third-order valence-corrected chi connectivity index (χ3v) is 4.97. The molecule has 0 radical (unpaired) electrons. The van der Waals surface area contributed by atoms with Crippen LogP contribution in [0.2, 0.25) is 10.2 Å². The Bertz CT molecular complexity index is 983. The Morgan fingerprint density at radius 1 is 1.04 bits per heavy atom. The molecule has 0 amide bonds. The zero-order chi connectivity index (χ0) is 16.8. The summed E-state index contributed by atoms with van der Waals surface area (Å²) in [4.78, 5) is 7.33. The lowest BCUT2D eigenvalue weighted by Gasteiger charge is -2.04. The Labute approximate surface area is 157 Å². The molecular formula is C17H8Cl4N2O. The molecule has 1 aliphatic rings. The number of halogens is 4. The van der Waals surface area contributed by atoms with Gasteiger partial charge in [0, 0.05) is 5.39 Å². The lowest BCUT2D eigenvalue weighted by molar-refractivity contribution is 0.599. The van der Waals surface area contributed by atoms with Crippen molar-refractivity contribution in [2.75, 3.05) is 0 Å². The van der Waals surface area contributed by atoms with E-state index in [2.05, 4.69) is 9.98 Å². The molecule has 0 spiro atoms. The minimum Gasteiger partial charge on any atom is -0.456 e. The number of hydrogen-bond acceptors (Lipinski definition) is 2. The molecule has 0 fully saturated rings. The summed E-state index contributed by atoms with van der Waals surface area (Å²) in [5, 5.41) is 2.30. The summed E-state index contributed by atoms with van der Waals surface area (Å²) in [5.41, 5.74) is 2.67. The highest BCUT2D eigenvalue weighted by molar-refractivity contribution is 6.76. The Kier molecular flexibility index (Phi) is 3.97. The van der Waals surface area contributed by atoms with Crippen LogP contribution < -0.4 is 0 Å². The molecule has 24 heavy (non-hydrogen) atoms. The summed E-state index contributed by atoms with van der Waals surface area (Å²) in [6, 6.07) is 11.3. The molecule has 0 atom stereocenters. The number of nitrogens with one attached hydrogen (secondary N) is 1. The van der Waals surface area contributed by atoms with E-state index in [1.165, 1.54) is 0 Å². The van der Waals surface area contributed by atoms with Crippen LogP contribution >= 0.6 is 46.4 Å². The largest absolute Gasteiger partial charge is 0.456 e. The third kappa shape index (κ3) is 2.68. The molecule has 0 aliphatic carbocycles. The minimum atomic E-state index is 0.226. The van der Waals surface area contributed by atoms with Gasteiger partial charge in [-0.15, -0.1) is 0 Å². The number of fused-ring (bicyclic) bond motifs is 1. The molecule has 3 nitrogen and oxygen atoms in total. The van der Waals surface area contributed by atoms with Crippen LogP contribution in [0, 0.1) is 0 Å². The quantitative estimate of drug-likeness (QED) is 0.519. The molecule has 120 valence electrons. The SMILES string of the molecule is ClC1=C/C(=C(/c2cc(Cl)c(Cl)[nH]2)c2cc3ccccc3o2)N=C1Cl. The molecule has 0 saturated carbocycles. The summed E-state index contributed by atoms with van der Waals surface area (Å²) in [6.45, 7) is 0. The lowest BCUT2D eigenvalue weighted by atomic mass is 10.1. The van der Waals surface area contributed by atoms with Gasteiger partial charge in [0.15, 0.2) is 0 Å². The molecule has 4 rings (SSSR count). The molecule has 3 heterocycles. The molecule has 1 N–H and O–H groups in total. The molecule has 2 aromatic heterocycles. The zero-order valence-corrected chi connectivity index (χ0v) is 14.9. The van der Waals surface area contributed by atoms with Crippen molar-refractivity contribution in [3.63, 3.8) is 0 Å². The second-order valence-electron chi connectivity index (χ2n) is 5.15. The number of hydrogen-bond donors (Lipinski definition) is 1. The van der Waals surface area contributed by atoms with Crippen LogP contribution in [0.3, 0.4) is 0 Å². The Morgan fingerprint density at radius 2 is 1.83 bits per heavy atom. The van der Waals surface area contributed by atoms with Crippen molar-refractivity contribution in [1.82, 2.24) is 4.98 Å². The van der Waals surface area contributed by atoms with E-state index < -0.39 is 0 Å². The minimum absolute atomic E-state index is 0.226. The van der Waals surface area contributed by atoms with E-state index in [0.717, 1.165) is 11.0 Å². The standard InChI is InChI=1S/C17H8Cl4N2O/c18-9-6-11(22-16(9)20)15(12-7-10(19)17(21)23-12)14-5-8-3-1-2-4-13(8)24-14/h1-7,22H/b15-12+. The topological polar surface area (TPSA) is 41.3 Å². The monoisotopic (exact) mass is 396 g/mol. The van der Waals surface area contributed by atoms with Crippen molar-refractivity contribution in [3.8, 4) is 0 Å². The predicted octanol–water partition coefficient (Wildman–Crippen LogP) is 6.60. The average Bonchev–Trinajstić information content (AvgIpc) is 3.20. The van der Waals surface area contributed by atoms with Crippen LogP contribution in [0.4, 0.5) is 0 Å². The van der Waals surface area contributed by atoms with Crippen LogP contribution in [0.15, 0.2) is 62.6 Å². The van der Waals surface area contributed by atoms with Crippen molar-refractivity contribution in [1.29, 1.82) is 0 Å². The summed E-state index contributed by atoms with van der Waals surface area (Å²) in [6.07, 6.45) is 1.68. The molecule has 0 unspecified atom stereocenters. The number of allylic oxidation sites excluding steroid dienone is 2. The number of nitrogens with zero attached hydrogens (tertiary/aromatic N) is 1. The van der Waals surface area contributed by atoms with Crippen LogP contribution in [0.1, 0.15) is 11.5 Å². The highest BCUT2D eigenvalue weighted by atomic mass is 35.5. The van der Waals surface area contributed by atoms with E-state index in [9.17, 15) is 0 Å². The van der Waals surface area contributed by atoms with Crippen molar-refractivity contribution >= 4 is 68.1 Å². The van der Waals surface area contributed by atoms with Gasteiger partial charge in [-0.2, -0.15) is 0 Å². The molecule has 0 saturated heterocycles. The Morgan fingerprint density at radius 3 is 2.46 bits per heavy atom. The average molecular weight is 398 g/mol. The van der Waals surface area contributed by atoms with Gasteiger partial charge < -0.3 is 9.40 Å². The number of aromatic nitrogens is 1. The van der Waals surface area contributed by atoms with Crippen molar-refractivity contribution < 1.29 is 4.42 Å². The molecule has 1 aromatic carbocycles. The fraction of sp³-hybridized carbons (Fsp3) is 0. The van der Waals surface area contributed by atoms with Gasteiger partial charge in [-0.3, -0.25) is 0 Å². The van der Waals surface area contributed by atoms with Crippen LogP contribution in [-0.4, -0.2) is 10.2 Å². The summed E-state index contributed by atoms with van der Waals surface area (Å²) in [7, 11) is 0. The number of para-hydroxylation sites is 1. The molecular weight excluding hydrogens is 390 g/mol. The van der Waals surface area contributed by atoms with Crippen LogP contribution in [0.5, 0.6) is 0 Å². The van der Waals surface area contributed by atoms with E-state index in [1.54, 1.807) is 12.1 Å². The second-order valence-corrected chi connectivity index (χ2v) is 6.70. The molecule has 3 aromatic rings. The maximum Gasteiger partial charge on any atom is 0.148 e. The highest BCUT2D eigenvalue weighted by Crippen LogP contribution is 2.37. The summed E-state index contributed by atoms with van der Waals surface area (Å²) >= 11 is 24.2. The van der Waals surface area contributed by atoms with Crippen LogP contribution in [-0.2, 0) is 0 Å². The summed E-state index contributed by atoms with van der Waals surface area (Å²) < 4.78 is 5.97. The van der Waals surface area contributed by atoms with Gasteiger partial charge >= 0.3 is 0 Å². The van der Waals surface area contributed by atoms with E-state index in [4.69, 9.17) is 50.8 Å². The Hall–Kier alpha value is -1.65. The smallest absolute Gasteiger partial charge is 0.148 e. The van der Waals surface area contributed by atoms with Gasteiger partial charge in [-0.1, -0.05) is 64.6 Å². The van der Waals surface area contributed by atoms with Crippen LogP contribution in [0.25, 0.3) is 16.5 Å². The lowest BCUT2D eigenvalue weighted by Crippen LogP contribution is -1.90. The maximum atomic E-state index is 6.08. The number of rotatable bonds is 2. The first kappa shape index (κ1) is 15.9. The van der Waals surface area contributed by atoms with E-state index >= 15 is 0 Å². The maximum absolute atomic E-state index is 6.08. The van der Waals surface area contributed by atoms with Gasteiger partial charge in [0.05, 0.1) is 27.0 Å². The van der Waals surface area contributed by atoms with Gasteiger partial charge in [0.1, 0.15) is 21.7 Å². The van der Waals surface area contributed by atoms with E-state index in [0.29, 0.717) is 37.9 Å². The number of H-pyrrole nitrogens is 1. The number of aliphatic imine (C=N–C) groups is 1. The summed E-state index contributed by atoms with van der Waals surface area (Å²) in [5.74, 6) is 0.608. The van der Waals surface area contributed by atoms with Crippen molar-refractivity contribution in [3.05, 3.63) is 74.8 Å². The normalized spacial score (nSPS) is 16.5. The van der Waals surface area contributed by atoms with Gasteiger partial charge in [-0.05, 0) is 24.3 Å². The third-order valence-electron chi connectivity index (χ3n) is 3.60. The van der Waals surface area contributed by atoms with Gasteiger partial charge in [-0.25, -0.2) is 4.99 Å². The molecule has 1 aliphatic heterocycles. The first-order valence-corrected chi connectivity index (χ1v) is 8.43. The van der Waals surface area contributed by atoms with Crippen molar-refractivity contribution in [2.24, 2.45) is 4.99 Å². The molecule has 0 bridgehead atoms. The number of benzene rings is 1. The van der Waals surface area contributed by atoms with E-state index in [1.807, 2.05) is 30.3 Å². The zero-order valence-electron chi connectivity index (χ0n) is 11.9. The Balaban J connectivity index is 1.99. The number of aromatic amines is 1. The first-order chi connectivity index (χ1) is 11.5. The highest BCUT2D eigenvalue weighted by Gasteiger charge is 2.22. The predicted molar refractivity (Wildman–Crippen MR) is 100 cm³/mol. The van der Waals surface area contributed by atoms with Gasteiger partial charge in [0.2, 0.25) is 0 Å². The fourth-order valence-electron chi connectivity index (χ4n) is 2.54. The first-order valence-electron chi connectivity index (χ1n) is 6.92. The second kappa shape index (κ2) is 6.01. The van der Waals surface area contributed by atoms with Gasteiger partial charge in [0.25, 0.3) is 0 Å². The van der Waals surface area contributed by atoms with E-state index in [-0.39, 0.29) is 5.17 Å².